The zero-order valence-corrected chi connectivity index (χ0v) is 11.0. The van der Waals surface area contributed by atoms with Gasteiger partial charge in [0.05, 0.1) is 12.1 Å². The van der Waals surface area contributed by atoms with Crippen molar-refractivity contribution in [2.45, 2.75) is 25.7 Å². The van der Waals surface area contributed by atoms with Crippen molar-refractivity contribution in [2.75, 3.05) is 19.6 Å². The summed E-state index contributed by atoms with van der Waals surface area (Å²) in [6.45, 7) is 1.68. The minimum Gasteiger partial charge on any atom is -0.343 e. The fourth-order valence-corrected chi connectivity index (χ4v) is 2.19. The Balaban J connectivity index is 1.81. The predicted octanol–water partition coefficient (Wildman–Crippen LogP) is 1.21. The lowest BCUT2D eigenvalue weighted by molar-refractivity contribution is -0.130. The van der Waals surface area contributed by atoms with Gasteiger partial charge in [-0.2, -0.15) is 0 Å². The maximum Gasteiger partial charge on any atom is 0.253 e. The van der Waals surface area contributed by atoms with Crippen LogP contribution in [-0.4, -0.2) is 41.3 Å². The molecule has 19 heavy (non-hydrogen) atoms. The quantitative estimate of drug-likeness (QED) is 0.889. The molecule has 2 amide bonds. The Morgan fingerprint density at radius 1 is 1.21 bits per heavy atom. The van der Waals surface area contributed by atoms with Gasteiger partial charge in [-0.15, -0.1) is 0 Å². The number of likely N-dealkylation sites (tertiary alicyclic amines) is 1. The van der Waals surface area contributed by atoms with Gasteiger partial charge < -0.3 is 10.2 Å². The van der Waals surface area contributed by atoms with Crippen LogP contribution in [0.25, 0.3) is 0 Å². The number of rotatable bonds is 3. The first kappa shape index (κ1) is 13.5. The first-order valence-electron chi connectivity index (χ1n) is 6.73. The van der Waals surface area contributed by atoms with E-state index >= 15 is 0 Å². The van der Waals surface area contributed by atoms with Gasteiger partial charge in [-0.05, 0) is 25.0 Å². The zero-order chi connectivity index (χ0) is 13.5. The van der Waals surface area contributed by atoms with E-state index in [0.29, 0.717) is 5.56 Å². The van der Waals surface area contributed by atoms with E-state index in [1.165, 1.54) is 19.0 Å². The zero-order valence-electron chi connectivity index (χ0n) is 11.0. The number of hydrogen-bond donors (Lipinski definition) is 1. The summed E-state index contributed by atoms with van der Waals surface area (Å²) in [5.74, 6) is -0.254. The first-order valence-corrected chi connectivity index (χ1v) is 6.73. The third kappa shape index (κ3) is 4.05. The summed E-state index contributed by atoms with van der Waals surface area (Å²) >= 11 is 0. The van der Waals surface area contributed by atoms with Crippen LogP contribution in [0.15, 0.2) is 24.5 Å². The molecule has 1 aliphatic rings. The third-order valence-electron chi connectivity index (χ3n) is 3.28. The van der Waals surface area contributed by atoms with Crippen LogP contribution in [0.3, 0.4) is 0 Å². The Kier molecular flexibility index (Phi) is 4.89. The predicted molar refractivity (Wildman–Crippen MR) is 71.6 cm³/mol. The van der Waals surface area contributed by atoms with Crippen molar-refractivity contribution in [1.82, 2.24) is 15.2 Å². The molecule has 1 saturated heterocycles. The standard InChI is InChI=1S/C14H19N3O2/c18-13(17-8-3-1-2-4-9-17)11-16-14(19)12-6-5-7-15-10-12/h5-7,10H,1-4,8-9,11H2,(H,16,19). The summed E-state index contributed by atoms with van der Waals surface area (Å²) < 4.78 is 0. The largest absolute Gasteiger partial charge is 0.343 e. The van der Waals surface area contributed by atoms with E-state index in [2.05, 4.69) is 10.3 Å². The van der Waals surface area contributed by atoms with Gasteiger partial charge >= 0.3 is 0 Å². The number of amides is 2. The number of hydrogen-bond acceptors (Lipinski definition) is 3. The van der Waals surface area contributed by atoms with Gasteiger partial charge in [0.15, 0.2) is 0 Å². The van der Waals surface area contributed by atoms with Gasteiger partial charge in [-0.25, -0.2) is 0 Å². The molecule has 0 aromatic carbocycles. The molecule has 1 aromatic rings. The molecule has 5 nitrogen and oxygen atoms in total. The fourth-order valence-electron chi connectivity index (χ4n) is 2.19. The van der Waals surface area contributed by atoms with Crippen LogP contribution in [0.1, 0.15) is 36.0 Å². The van der Waals surface area contributed by atoms with Crippen LogP contribution in [0.5, 0.6) is 0 Å². The number of nitrogens with zero attached hydrogens (tertiary/aromatic N) is 2. The molecule has 102 valence electrons. The molecule has 1 aliphatic heterocycles. The molecule has 0 aliphatic carbocycles. The Bertz CT molecular complexity index is 426. The highest BCUT2D eigenvalue weighted by atomic mass is 16.2. The van der Waals surface area contributed by atoms with Gasteiger partial charge in [-0.1, -0.05) is 12.8 Å². The molecule has 2 rings (SSSR count). The van der Waals surface area contributed by atoms with Crippen molar-refractivity contribution in [3.8, 4) is 0 Å². The Morgan fingerprint density at radius 2 is 1.95 bits per heavy atom. The lowest BCUT2D eigenvalue weighted by Crippen LogP contribution is -2.40. The minimum absolute atomic E-state index is 0.000796. The highest BCUT2D eigenvalue weighted by Gasteiger charge is 2.16. The number of carbonyl (C=O) groups excluding carboxylic acids is 2. The van der Waals surface area contributed by atoms with E-state index in [0.717, 1.165) is 25.9 Å². The highest BCUT2D eigenvalue weighted by molar-refractivity contribution is 5.96. The van der Waals surface area contributed by atoms with Crippen LogP contribution in [0, 0.1) is 0 Å². The van der Waals surface area contributed by atoms with Crippen LogP contribution in [-0.2, 0) is 4.79 Å². The Hall–Kier alpha value is -1.91. The molecule has 0 radical (unpaired) electrons. The lowest BCUT2D eigenvalue weighted by atomic mass is 10.2. The van der Waals surface area contributed by atoms with Gasteiger partial charge in [0.1, 0.15) is 0 Å². The van der Waals surface area contributed by atoms with Gasteiger partial charge in [0.2, 0.25) is 5.91 Å². The topological polar surface area (TPSA) is 62.3 Å². The third-order valence-corrected chi connectivity index (χ3v) is 3.28. The number of nitrogens with one attached hydrogen (secondary N) is 1. The molecule has 5 heteroatoms. The Morgan fingerprint density at radius 3 is 2.58 bits per heavy atom. The summed E-state index contributed by atoms with van der Waals surface area (Å²) in [4.78, 5) is 29.5. The van der Waals surface area contributed by atoms with Gasteiger partial charge in [0, 0.05) is 25.5 Å². The molecule has 1 fully saturated rings. The van der Waals surface area contributed by atoms with E-state index in [1.54, 1.807) is 18.3 Å². The van der Waals surface area contributed by atoms with Crippen LogP contribution < -0.4 is 5.32 Å². The van der Waals surface area contributed by atoms with E-state index in [9.17, 15) is 9.59 Å². The molecular formula is C14H19N3O2. The average Bonchev–Trinajstić information content (AvgIpc) is 2.74. The van der Waals surface area contributed by atoms with E-state index in [1.807, 2.05) is 4.90 Å². The highest BCUT2D eigenvalue weighted by Crippen LogP contribution is 2.09. The second-order valence-electron chi connectivity index (χ2n) is 4.72. The second-order valence-corrected chi connectivity index (χ2v) is 4.72. The SMILES string of the molecule is O=C(NCC(=O)N1CCCCCC1)c1cccnc1. The summed E-state index contributed by atoms with van der Waals surface area (Å²) in [5, 5.41) is 2.65. The van der Waals surface area contributed by atoms with Crippen molar-refractivity contribution < 1.29 is 9.59 Å². The van der Waals surface area contributed by atoms with Crippen molar-refractivity contribution in [3.05, 3.63) is 30.1 Å². The second kappa shape index (κ2) is 6.87. The average molecular weight is 261 g/mol. The van der Waals surface area contributed by atoms with Crippen LogP contribution in [0.2, 0.25) is 0 Å². The maximum absolute atomic E-state index is 12.0. The number of pyridine rings is 1. The number of carbonyl (C=O) groups is 2. The summed E-state index contributed by atoms with van der Waals surface area (Å²) in [6.07, 6.45) is 7.59. The first-order chi connectivity index (χ1) is 9.27. The van der Waals surface area contributed by atoms with E-state index in [-0.39, 0.29) is 18.4 Å². The molecule has 0 unspecified atom stereocenters. The van der Waals surface area contributed by atoms with Gasteiger partial charge in [-0.3, -0.25) is 14.6 Å². The molecular weight excluding hydrogens is 242 g/mol. The van der Waals surface area contributed by atoms with E-state index in [4.69, 9.17) is 0 Å². The van der Waals surface area contributed by atoms with E-state index < -0.39 is 0 Å². The smallest absolute Gasteiger partial charge is 0.253 e. The molecule has 0 saturated carbocycles. The van der Waals surface area contributed by atoms with Gasteiger partial charge in [0.25, 0.3) is 5.91 Å². The van der Waals surface area contributed by atoms with Crippen molar-refractivity contribution in [1.29, 1.82) is 0 Å². The van der Waals surface area contributed by atoms with Crippen LogP contribution in [0.4, 0.5) is 0 Å². The molecule has 0 spiro atoms. The van der Waals surface area contributed by atoms with Crippen molar-refractivity contribution in [3.63, 3.8) is 0 Å². The molecule has 0 bridgehead atoms. The van der Waals surface area contributed by atoms with Crippen LogP contribution >= 0.6 is 0 Å². The summed E-state index contributed by atoms with van der Waals surface area (Å²) in [5.41, 5.74) is 0.478. The monoisotopic (exact) mass is 261 g/mol. The summed E-state index contributed by atoms with van der Waals surface area (Å²) in [7, 11) is 0. The number of aromatic nitrogens is 1. The summed E-state index contributed by atoms with van der Waals surface area (Å²) in [6, 6.07) is 3.38. The molecule has 2 heterocycles. The lowest BCUT2D eigenvalue weighted by Gasteiger charge is -2.20. The normalized spacial score (nSPS) is 15.7. The maximum atomic E-state index is 12.0. The fraction of sp³-hybridized carbons (Fsp3) is 0.500. The molecule has 1 N–H and O–H groups in total. The molecule has 1 aromatic heterocycles. The van der Waals surface area contributed by atoms with Crippen molar-refractivity contribution in [2.24, 2.45) is 0 Å². The minimum atomic E-state index is -0.253. The van der Waals surface area contributed by atoms with Crippen molar-refractivity contribution >= 4 is 11.8 Å². The molecule has 0 atom stereocenters. The Labute approximate surface area is 113 Å².